The molecule has 4 nitrogen and oxygen atoms in total. The fraction of sp³-hybridized carbons (Fsp3) is 0. The van der Waals surface area contributed by atoms with Crippen molar-refractivity contribution in [2.24, 2.45) is 0 Å². The molecule has 2 heterocycles. The number of nitrogens with zero attached hydrogens (tertiary/aromatic N) is 2. The molecule has 5 heteroatoms. The third-order valence-corrected chi connectivity index (χ3v) is 3.60. The number of imidazole rings is 1. The highest BCUT2D eigenvalue weighted by atomic mass is 79.9. The molecule has 0 aliphatic carbocycles. The topological polar surface area (TPSA) is 47.5 Å². The van der Waals surface area contributed by atoms with Crippen LogP contribution in [0, 0.1) is 0 Å². The summed E-state index contributed by atoms with van der Waals surface area (Å²) in [5.74, 6) is 0.320. The van der Waals surface area contributed by atoms with Gasteiger partial charge in [0.05, 0.1) is 16.4 Å². The van der Waals surface area contributed by atoms with Gasteiger partial charge in [-0.25, -0.2) is 4.40 Å². The number of benzene rings is 2. The van der Waals surface area contributed by atoms with E-state index in [0.29, 0.717) is 16.8 Å². The molecule has 0 radical (unpaired) electrons. The molecule has 0 aliphatic rings. The van der Waals surface area contributed by atoms with Crippen LogP contribution < -0.4 is 5.56 Å². The van der Waals surface area contributed by atoms with E-state index in [-0.39, 0.29) is 5.56 Å². The van der Waals surface area contributed by atoms with Crippen LogP contribution in [0.3, 0.4) is 0 Å². The predicted octanol–water partition coefficient (Wildman–Crippen LogP) is 3.36. The van der Waals surface area contributed by atoms with Crippen molar-refractivity contribution >= 4 is 43.8 Å². The molecule has 19 heavy (non-hydrogen) atoms. The lowest BCUT2D eigenvalue weighted by Gasteiger charge is -1.99. The van der Waals surface area contributed by atoms with Crippen LogP contribution in [0.4, 0.5) is 0 Å². The maximum Gasteiger partial charge on any atom is 0.310 e. The Bertz CT molecular complexity index is 1000. The maximum absolute atomic E-state index is 12.6. The molecular weight excluding hydrogens is 308 g/mol. The average Bonchev–Trinajstić information content (AvgIpc) is 2.78. The molecule has 0 saturated carbocycles. The van der Waals surface area contributed by atoms with E-state index in [1.165, 1.54) is 4.40 Å². The van der Waals surface area contributed by atoms with Crippen molar-refractivity contribution in [1.82, 2.24) is 9.38 Å². The number of fused-ring (bicyclic) bond motifs is 4. The number of rotatable bonds is 0. The summed E-state index contributed by atoms with van der Waals surface area (Å²) in [6.45, 7) is 0. The van der Waals surface area contributed by atoms with Crippen molar-refractivity contribution in [3.8, 4) is 0 Å². The van der Waals surface area contributed by atoms with Crippen molar-refractivity contribution < 1.29 is 4.42 Å². The Morgan fingerprint density at radius 2 is 2.00 bits per heavy atom. The summed E-state index contributed by atoms with van der Waals surface area (Å²) in [7, 11) is 0. The second-order valence-corrected chi connectivity index (χ2v) is 5.18. The second-order valence-electron chi connectivity index (χ2n) is 4.27. The molecule has 0 amide bonds. The van der Waals surface area contributed by atoms with Gasteiger partial charge in [0.15, 0.2) is 0 Å². The Kier molecular flexibility index (Phi) is 2.08. The van der Waals surface area contributed by atoms with Gasteiger partial charge in [-0.15, -0.1) is 0 Å². The lowest BCUT2D eigenvalue weighted by Crippen LogP contribution is -2.12. The summed E-state index contributed by atoms with van der Waals surface area (Å²) in [4.78, 5) is 16.9. The summed E-state index contributed by atoms with van der Waals surface area (Å²) in [5, 5.41) is 0.532. The second kappa shape index (κ2) is 3.68. The third kappa shape index (κ3) is 1.45. The zero-order valence-electron chi connectivity index (χ0n) is 9.63. The van der Waals surface area contributed by atoms with Gasteiger partial charge in [0.25, 0.3) is 5.56 Å². The number of hydrogen-bond acceptors (Lipinski definition) is 3. The molecule has 2 aromatic heterocycles. The zero-order chi connectivity index (χ0) is 13.0. The zero-order valence-corrected chi connectivity index (χ0v) is 11.2. The minimum Gasteiger partial charge on any atom is -0.424 e. The van der Waals surface area contributed by atoms with Gasteiger partial charge in [-0.05, 0) is 30.3 Å². The van der Waals surface area contributed by atoms with Crippen LogP contribution >= 0.6 is 15.9 Å². The SMILES string of the molecule is O=c1c2cc(Br)ccc2oc2nc3ccccc3n12. The van der Waals surface area contributed by atoms with Crippen molar-refractivity contribution in [3.63, 3.8) is 0 Å². The van der Waals surface area contributed by atoms with Crippen LogP contribution in [-0.4, -0.2) is 9.38 Å². The van der Waals surface area contributed by atoms with Crippen molar-refractivity contribution in [2.45, 2.75) is 0 Å². The quantitative estimate of drug-likeness (QED) is 0.500. The highest BCUT2D eigenvalue weighted by Gasteiger charge is 2.12. The molecule has 0 saturated heterocycles. The highest BCUT2D eigenvalue weighted by Crippen LogP contribution is 2.21. The summed E-state index contributed by atoms with van der Waals surface area (Å²) < 4.78 is 8.05. The molecule has 4 rings (SSSR count). The largest absolute Gasteiger partial charge is 0.424 e. The molecule has 0 aliphatic heterocycles. The molecule has 0 atom stereocenters. The van der Waals surface area contributed by atoms with E-state index in [4.69, 9.17) is 4.42 Å². The summed E-state index contributed by atoms with van der Waals surface area (Å²) in [6, 6.07) is 12.8. The van der Waals surface area contributed by atoms with Crippen LogP contribution in [0.15, 0.2) is 56.1 Å². The van der Waals surface area contributed by atoms with Crippen molar-refractivity contribution in [2.75, 3.05) is 0 Å². The van der Waals surface area contributed by atoms with Gasteiger partial charge in [0.2, 0.25) is 0 Å². The summed E-state index contributed by atoms with van der Waals surface area (Å²) in [5.41, 5.74) is 1.92. The normalized spacial score (nSPS) is 11.6. The first-order valence-electron chi connectivity index (χ1n) is 5.73. The van der Waals surface area contributed by atoms with Crippen LogP contribution in [0.2, 0.25) is 0 Å². The fourth-order valence-corrected chi connectivity index (χ4v) is 2.61. The van der Waals surface area contributed by atoms with Gasteiger partial charge in [0.1, 0.15) is 5.58 Å². The van der Waals surface area contributed by atoms with Gasteiger partial charge in [-0.3, -0.25) is 4.79 Å². The molecule has 0 bridgehead atoms. The molecule has 92 valence electrons. The summed E-state index contributed by atoms with van der Waals surface area (Å²) >= 11 is 3.37. The fourth-order valence-electron chi connectivity index (χ4n) is 2.25. The molecule has 0 N–H and O–H groups in total. The van der Waals surface area contributed by atoms with Crippen LogP contribution in [-0.2, 0) is 0 Å². The van der Waals surface area contributed by atoms with Crippen LogP contribution in [0.5, 0.6) is 0 Å². The van der Waals surface area contributed by atoms with E-state index in [0.717, 1.165) is 15.5 Å². The van der Waals surface area contributed by atoms with E-state index in [1.807, 2.05) is 30.3 Å². The Balaban J connectivity index is 2.34. The van der Waals surface area contributed by atoms with Crippen molar-refractivity contribution in [3.05, 3.63) is 57.3 Å². The Hall–Kier alpha value is -2.14. The van der Waals surface area contributed by atoms with E-state index in [1.54, 1.807) is 12.1 Å². The lowest BCUT2D eigenvalue weighted by molar-refractivity contribution is 0.616. The lowest BCUT2D eigenvalue weighted by atomic mass is 10.2. The molecule has 0 fully saturated rings. The first-order chi connectivity index (χ1) is 9.24. The van der Waals surface area contributed by atoms with Crippen LogP contribution in [0.25, 0.3) is 27.8 Å². The smallest absolute Gasteiger partial charge is 0.310 e. The summed E-state index contributed by atoms with van der Waals surface area (Å²) in [6.07, 6.45) is 0. The van der Waals surface area contributed by atoms with Gasteiger partial charge in [0, 0.05) is 4.47 Å². The van der Waals surface area contributed by atoms with E-state index >= 15 is 0 Å². The van der Waals surface area contributed by atoms with Crippen LogP contribution in [0.1, 0.15) is 0 Å². The highest BCUT2D eigenvalue weighted by molar-refractivity contribution is 9.10. The maximum atomic E-state index is 12.6. The van der Waals surface area contributed by atoms with E-state index < -0.39 is 0 Å². The monoisotopic (exact) mass is 314 g/mol. The molecular formula is C14H7BrN2O2. The van der Waals surface area contributed by atoms with Gasteiger partial charge in [-0.1, -0.05) is 28.1 Å². The first-order valence-corrected chi connectivity index (χ1v) is 6.53. The predicted molar refractivity (Wildman–Crippen MR) is 76.4 cm³/mol. The molecule has 2 aromatic carbocycles. The van der Waals surface area contributed by atoms with Gasteiger partial charge >= 0.3 is 5.84 Å². The van der Waals surface area contributed by atoms with Crippen molar-refractivity contribution in [1.29, 1.82) is 0 Å². The Labute approximate surface area is 115 Å². The van der Waals surface area contributed by atoms with E-state index in [9.17, 15) is 4.79 Å². The molecule has 0 unspecified atom stereocenters. The van der Waals surface area contributed by atoms with Gasteiger partial charge < -0.3 is 4.42 Å². The minimum atomic E-state index is -0.119. The minimum absolute atomic E-state index is 0.119. The first kappa shape index (κ1) is 10.8. The Morgan fingerprint density at radius 3 is 2.89 bits per heavy atom. The Morgan fingerprint density at radius 1 is 1.16 bits per heavy atom. The van der Waals surface area contributed by atoms with E-state index in [2.05, 4.69) is 20.9 Å². The number of aromatic nitrogens is 2. The number of halogens is 1. The number of para-hydroxylation sites is 2. The standard InChI is InChI=1S/C14H7BrN2O2/c15-8-5-6-12-9(7-8)13(18)17-11-4-2-1-3-10(11)16-14(17)19-12/h1-7H. The molecule has 0 spiro atoms. The average molecular weight is 315 g/mol. The molecule has 4 aromatic rings. The van der Waals surface area contributed by atoms with Gasteiger partial charge in [-0.2, -0.15) is 4.98 Å². The number of hydrogen-bond donors (Lipinski definition) is 0. The third-order valence-electron chi connectivity index (χ3n) is 3.11.